The molecule has 116 valence electrons. The van der Waals surface area contributed by atoms with Crippen molar-refractivity contribution in [2.75, 3.05) is 6.54 Å². The second-order valence-electron chi connectivity index (χ2n) is 4.90. The van der Waals surface area contributed by atoms with Crippen LogP contribution < -0.4 is 10.0 Å². The Morgan fingerprint density at radius 1 is 1.05 bits per heavy atom. The minimum Gasteiger partial charge on any atom is -0.550 e. The number of quaternary nitrogens is 1. The number of nitrogens with one attached hydrogen (secondary N) is 1. The average molecular weight is 297 g/mol. The third kappa shape index (κ3) is 7.41. The van der Waals surface area contributed by atoms with Gasteiger partial charge >= 0.3 is 0 Å². The van der Waals surface area contributed by atoms with Gasteiger partial charge in [0.2, 0.25) is 0 Å². The van der Waals surface area contributed by atoms with Crippen molar-refractivity contribution in [3.63, 3.8) is 0 Å². The number of carbonyl (C=O) groups excluding carboxylic acids is 1. The van der Waals surface area contributed by atoms with E-state index in [9.17, 15) is 0 Å². The van der Waals surface area contributed by atoms with Crippen LogP contribution in [0.25, 0.3) is 0 Å². The van der Waals surface area contributed by atoms with Crippen molar-refractivity contribution in [1.82, 2.24) is 0 Å². The van der Waals surface area contributed by atoms with Crippen LogP contribution in [0.5, 0.6) is 0 Å². The van der Waals surface area contributed by atoms with Crippen LogP contribution >= 0.6 is 0 Å². The van der Waals surface area contributed by atoms with E-state index in [1.807, 2.05) is 0 Å². The maximum atomic E-state index is 8.89. The van der Waals surface area contributed by atoms with E-state index in [0.717, 1.165) is 20.0 Å². The number of hydrogen-bond acceptors (Lipinski definition) is 2. The molecule has 3 heteroatoms. The van der Waals surface area contributed by atoms with Crippen LogP contribution in [0.1, 0.15) is 19.4 Å². The molecule has 22 heavy (non-hydrogen) atoms. The molecule has 0 fully saturated rings. The molecule has 1 N–H and O–H groups in total. The number of carboxylic acid groups (broad SMARTS) is 1. The van der Waals surface area contributed by atoms with Crippen LogP contribution in [0.15, 0.2) is 72.8 Å². The first-order chi connectivity index (χ1) is 10.6. The van der Waals surface area contributed by atoms with E-state index >= 15 is 0 Å². The Kier molecular flexibility index (Phi) is 8.31. The highest BCUT2D eigenvalue weighted by molar-refractivity contribution is 5.60. The number of carboxylic acids is 1. The number of hydrogen-bond donors (Lipinski definition) is 1. The van der Waals surface area contributed by atoms with E-state index in [4.69, 9.17) is 9.90 Å². The Balaban J connectivity index is 0.000000541. The zero-order chi connectivity index (χ0) is 16.2. The fourth-order valence-electron chi connectivity index (χ4n) is 2.07. The van der Waals surface area contributed by atoms with Gasteiger partial charge < -0.3 is 9.90 Å². The lowest BCUT2D eigenvalue weighted by Gasteiger charge is -2.17. The molecule has 0 radical (unpaired) electrons. The Morgan fingerprint density at radius 3 is 2.05 bits per heavy atom. The number of carbonyl (C=O) groups is 1. The highest BCUT2D eigenvalue weighted by Gasteiger charge is 2.10. The van der Waals surface area contributed by atoms with E-state index < -0.39 is 5.97 Å². The van der Waals surface area contributed by atoms with E-state index in [1.54, 1.807) is 0 Å². The summed E-state index contributed by atoms with van der Waals surface area (Å²) in [6.07, 6.45) is 4.35. The highest BCUT2D eigenvalue weighted by Crippen LogP contribution is 2.02. The van der Waals surface area contributed by atoms with Crippen LogP contribution in [-0.2, 0) is 11.3 Å². The fraction of sp³-hybridized carbons (Fsp3) is 0.211. The number of para-hydroxylation sites is 1. The molecule has 0 aliphatic rings. The van der Waals surface area contributed by atoms with Crippen LogP contribution in [0, 0.1) is 0 Å². The van der Waals surface area contributed by atoms with Gasteiger partial charge in [-0.05, 0) is 32.1 Å². The van der Waals surface area contributed by atoms with Crippen molar-refractivity contribution in [2.24, 2.45) is 0 Å². The Labute approximate surface area is 132 Å². The van der Waals surface area contributed by atoms with Gasteiger partial charge in [-0.25, -0.2) is 0 Å². The molecule has 0 saturated carbocycles. The Bertz CT molecular complexity index is 561. The summed E-state index contributed by atoms with van der Waals surface area (Å²) < 4.78 is 0. The largest absolute Gasteiger partial charge is 0.550 e. The van der Waals surface area contributed by atoms with Crippen molar-refractivity contribution in [3.05, 3.63) is 78.4 Å². The first-order valence-electron chi connectivity index (χ1n) is 7.36. The SMILES string of the molecule is CC(=O)[O-].CC=CC[NH+](Cc1ccccc1)c1ccccc1. The first-order valence-corrected chi connectivity index (χ1v) is 7.36. The third-order valence-electron chi connectivity index (χ3n) is 3.04. The predicted molar refractivity (Wildman–Crippen MR) is 87.6 cm³/mol. The van der Waals surface area contributed by atoms with Gasteiger partial charge in [-0.2, -0.15) is 0 Å². The average Bonchev–Trinajstić information content (AvgIpc) is 2.53. The van der Waals surface area contributed by atoms with Gasteiger partial charge in [0.15, 0.2) is 0 Å². The molecule has 2 rings (SSSR count). The summed E-state index contributed by atoms with van der Waals surface area (Å²) in [4.78, 5) is 10.4. The second-order valence-corrected chi connectivity index (χ2v) is 4.90. The number of allylic oxidation sites excluding steroid dienone is 1. The van der Waals surface area contributed by atoms with Gasteiger partial charge in [-0.3, -0.25) is 4.90 Å². The van der Waals surface area contributed by atoms with Gasteiger partial charge in [0, 0.05) is 11.5 Å². The quantitative estimate of drug-likeness (QED) is 0.854. The molecule has 0 saturated heterocycles. The summed E-state index contributed by atoms with van der Waals surface area (Å²) in [5.41, 5.74) is 2.72. The van der Waals surface area contributed by atoms with Gasteiger partial charge in [-0.15, -0.1) is 0 Å². The Morgan fingerprint density at radius 2 is 1.55 bits per heavy atom. The van der Waals surface area contributed by atoms with Gasteiger partial charge in [0.1, 0.15) is 18.8 Å². The lowest BCUT2D eigenvalue weighted by atomic mass is 10.2. The highest BCUT2D eigenvalue weighted by atomic mass is 16.4. The molecule has 0 heterocycles. The topological polar surface area (TPSA) is 44.6 Å². The van der Waals surface area contributed by atoms with E-state index in [0.29, 0.717) is 0 Å². The summed E-state index contributed by atoms with van der Waals surface area (Å²) >= 11 is 0. The van der Waals surface area contributed by atoms with E-state index in [-0.39, 0.29) is 0 Å². The summed E-state index contributed by atoms with van der Waals surface area (Å²) in [6.45, 7) is 5.09. The maximum absolute atomic E-state index is 8.89. The number of aliphatic carboxylic acids is 1. The normalized spacial score (nSPS) is 11.5. The third-order valence-corrected chi connectivity index (χ3v) is 3.04. The van der Waals surface area contributed by atoms with Crippen molar-refractivity contribution >= 4 is 11.7 Å². The Hall–Kier alpha value is -2.39. The zero-order valence-corrected chi connectivity index (χ0v) is 13.2. The van der Waals surface area contributed by atoms with Crippen molar-refractivity contribution in [2.45, 2.75) is 20.4 Å². The van der Waals surface area contributed by atoms with Crippen molar-refractivity contribution in [3.8, 4) is 0 Å². The molecule has 1 atom stereocenters. The van der Waals surface area contributed by atoms with Crippen molar-refractivity contribution < 1.29 is 14.8 Å². The summed E-state index contributed by atoms with van der Waals surface area (Å²) in [6, 6.07) is 21.3. The first kappa shape index (κ1) is 17.7. The summed E-state index contributed by atoms with van der Waals surface area (Å²) in [5.74, 6) is -1.08. The molecule has 0 spiro atoms. The second kappa shape index (κ2) is 10.4. The molecule has 2 aromatic carbocycles. The predicted octanol–water partition coefficient (Wildman–Crippen LogP) is 1.74. The molecule has 0 aliphatic carbocycles. The maximum Gasteiger partial charge on any atom is 0.131 e. The van der Waals surface area contributed by atoms with Gasteiger partial charge in [0.05, 0.1) is 0 Å². The van der Waals surface area contributed by atoms with Crippen LogP contribution in [0.2, 0.25) is 0 Å². The fourth-order valence-corrected chi connectivity index (χ4v) is 2.07. The zero-order valence-electron chi connectivity index (χ0n) is 13.2. The molecule has 0 bridgehead atoms. The van der Waals surface area contributed by atoms with Crippen LogP contribution in [0.3, 0.4) is 0 Å². The monoisotopic (exact) mass is 297 g/mol. The minimum absolute atomic E-state index is 0.972. The molecule has 0 amide bonds. The summed E-state index contributed by atoms with van der Waals surface area (Å²) in [5, 5.41) is 8.89. The minimum atomic E-state index is -1.08. The van der Waals surface area contributed by atoms with Crippen LogP contribution in [-0.4, -0.2) is 12.5 Å². The van der Waals surface area contributed by atoms with Gasteiger partial charge in [-0.1, -0.05) is 54.6 Å². The number of benzene rings is 2. The van der Waals surface area contributed by atoms with E-state index in [1.165, 1.54) is 16.2 Å². The molecular weight excluding hydrogens is 274 g/mol. The molecule has 2 aromatic rings. The molecule has 0 aromatic heterocycles. The van der Waals surface area contributed by atoms with E-state index in [2.05, 4.69) is 79.7 Å². The number of rotatable bonds is 5. The smallest absolute Gasteiger partial charge is 0.131 e. The molecular formula is C19H23NO2. The van der Waals surface area contributed by atoms with Crippen molar-refractivity contribution in [1.29, 1.82) is 0 Å². The summed E-state index contributed by atoms with van der Waals surface area (Å²) in [7, 11) is 0. The molecule has 3 nitrogen and oxygen atoms in total. The lowest BCUT2D eigenvalue weighted by Crippen LogP contribution is -3.05. The molecule has 0 aliphatic heterocycles. The van der Waals surface area contributed by atoms with Gasteiger partial charge in [0.25, 0.3) is 0 Å². The lowest BCUT2D eigenvalue weighted by molar-refractivity contribution is -0.840. The van der Waals surface area contributed by atoms with Crippen LogP contribution in [0.4, 0.5) is 5.69 Å². The molecule has 1 unspecified atom stereocenters. The standard InChI is InChI=1S/C17H19N.C2H4O2/c1-2-3-14-18(17-12-8-5-9-13-17)15-16-10-6-4-7-11-16;1-2(3)4/h2-13H,14-15H2,1H3;1H3,(H,3,4).